The quantitative estimate of drug-likeness (QED) is 0.560. The Labute approximate surface area is 150 Å². The molecule has 0 atom stereocenters. The van der Waals surface area contributed by atoms with Crippen LogP contribution in [0.5, 0.6) is 0 Å². The fourth-order valence-electron chi connectivity index (χ4n) is 3.05. The van der Waals surface area contributed by atoms with Gasteiger partial charge in [-0.1, -0.05) is 18.2 Å². The Balaban J connectivity index is 1.76. The second kappa shape index (κ2) is 5.98. The first-order chi connectivity index (χ1) is 12.5. The maximum atomic E-state index is 12.8. The molecule has 0 bridgehead atoms. The highest BCUT2D eigenvalue weighted by Crippen LogP contribution is 2.25. The summed E-state index contributed by atoms with van der Waals surface area (Å²) in [6.07, 6.45) is 1.49. The minimum absolute atomic E-state index is 0.135. The summed E-state index contributed by atoms with van der Waals surface area (Å²) in [4.78, 5) is 21.7. The molecule has 0 saturated heterocycles. The van der Waals surface area contributed by atoms with Gasteiger partial charge in [0.1, 0.15) is 28.9 Å². The molecule has 0 saturated carbocycles. The Morgan fingerprint density at radius 1 is 1.04 bits per heavy atom. The first-order valence-electron chi connectivity index (χ1n) is 8.43. The monoisotopic (exact) mass is 349 g/mol. The maximum absolute atomic E-state index is 12.8. The molecule has 6 heteroatoms. The summed E-state index contributed by atoms with van der Waals surface area (Å²) >= 11 is 0. The van der Waals surface area contributed by atoms with Crippen LogP contribution in [0.1, 0.15) is 28.3 Å². The normalized spacial score (nSPS) is 11.4. The van der Waals surface area contributed by atoms with Gasteiger partial charge in [-0.2, -0.15) is 0 Å². The van der Waals surface area contributed by atoms with E-state index in [2.05, 4.69) is 9.97 Å². The van der Waals surface area contributed by atoms with Crippen molar-refractivity contribution >= 4 is 11.1 Å². The van der Waals surface area contributed by atoms with Crippen molar-refractivity contribution in [2.75, 3.05) is 0 Å². The zero-order chi connectivity index (χ0) is 18.4. The number of fused-ring (bicyclic) bond motifs is 1. The minimum Gasteiger partial charge on any atom is -0.443 e. The number of benzene rings is 1. The molecule has 4 rings (SSSR count). The van der Waals surface area contributed by atoms with Crippen molar-refractivity contribution < 1.29 is 8.83 Å². The number of hydrogen-bond donors (Lipinski definition) is 0. The highest BCUT2D eigenvalue weighted by Gasteiger charge is 2.17. The molecular weight excluding hydrogens is 330 g/mol. The third-order valence-corrected chi connectivity index (χ3v) is 4.74. The number of nitrogens with zero attached hydrogens (tertiary/aromatic N) is 3. The molecule has 0 aliphatic rings. The molecule has 0 fully saturated rings. The van der Waals surface area contributed by atoms with Crippen molar-refractivity contribution in [3.63, 3.8) is 0 Å². The van der Waals surface area contributed by atoms with E-state index < -0.39 is 0 Å². The first kappa shape index (κ1) is 16.3. The van der Waals surface area contributed by atoms with E-state index in [0.717, 1.165) is 16.7 Å². The predicted octanol–water partition coefficient (Wildman–Crippen LogP) is 3.93. The number of aryl methyl sites for hydroxylation is 4. The van der Waals surface area contributed by atoms with Gasteiger partial charge in [0.2, 0.25) is 11.6 Å². The van der Waals surface area contributed by atoms with Crippen molar-refractivity contribution in [1.82, 2.24) is 14.5 Å². The number of oxazole rings is 1. The van der Waals surface area contributed by atoms with Crippen LogP contribution in [-0.4, -0.2) is 14.5 Å². The SMILES string of the molecule is Cc1ccccc1-c1nc(Cn2cnc3oc(C)c(C)c3c2=O)c(C)o1. The minimum atomic E-state index is -0.135. The smallest absolute Gasteiger partial charge is 0.265 e. The Kier molecular flexibility index (Phi) is 3.76. The molecule has 132 valence electrons. The van der Waals surface area contributed by atoms with Gasteiger partial charge in [-0.15, -0.1) is 0 Å². The van der Waals surface area contributed by atoms with Gasteiger partial charge >= 0.3 is 0 Å². The van der Waals surface area contributed by atoms with Crippen LogP contribution in [0.25, 0.3) is 22.6 Å². The molecule has 26 heavy (non-hydrogen) atoms. The van der Waals surface area contributed by atoms with Gasteiger partial charge in [-0.05, 0) is 39.3 Å². The number of rotatable bonds is 3. The van der Waals surface area contributed by atoms with Crippen LogP contribution in [0.4, 0.5) is 0 Å². The van der Waals surface area contributed by atoms with E-state index in [4.69, 9.17) is 8.83 Å². The van der Waals surface area contributed by atoms with E-state index in [-0.39, 0.29) is 5.56 Å². The largest absolute Gasteiger partial charge is 0.443 e. The zero-order valence-electron chi connectivity index (χ0n) is 15.2. The first-order valence-corrected chi connectivity index (χ1v) is 8.43. The Bertz CT molecular complexity index is 1180. The second-order valence-electron chi connectivity index (χ2n) is 6.48. The summed E-state index contributed by atoms with van der Waals surface area (Å²) in [5.74, 6) is 1.96. The Morgan fingerprint density at radius 3 is 2.58 bits per heavy atom. The molecule has 0 radical (unpaired) electrons. The van der Waals surface area contributed by atoms with Gasteiger partial charge < -0.3 is 8.83 Å². The third-order valence-electron chi connectivity index (χ3n) is 4.74. The van der Waals surface area contributed by atoms with Crippen LogP contribution in [-0.2, 0) is 6.54 Å². The average Bonchev–Trinajstić information content (AvgIpc) is 3.11. The lowest BCUT2D eigenvalue weighted by Gasteiger charge is -2.03. The van der Waals surface area contributed by atoms with Crippen molar-refractivity contribution in [2.24, 2.45) is 0 Å². The summed E-state index contributed by atoms with van der Waals surface area (Å²) in [7, 11) is 0. The van der Waals surface area contributed by atoms with Crippen LogP contribution >= 0.6 is 0 Å². The van der Waals surface area contributed by atoms with Crippen LogP contribution in [0.2, 0.25) is 0 Å². The van der Waals surface area contributed by atoms with Gasteiger partial charge in [0.05, 0.1) is 6.54 Å². The number of hydrogen-bond acceptors (Lipinski definition) is 5. The lowest BCUT2D eigenvalue weighted by molar-refractivity contribution is 0.536. The third kappa shape index (κ3) is 2.54. The topological polar surface area (TPSA) is 74.1 Å². The molecule has 0 spiro atoms. The molecule has 6 nitrogen and oxygen atoms in total. The lowest BCUT2D eigenvalue weighted by atomic mass is 10.1. The highest BCUT2D eigenvalue weighted by molar-refractivity contribution is 5.77. The standard InChI is InChI=1S/C20H19N3O3/c1-11-7-5-6-8-15(11)18-22-16(14(4)26-18)9-23-10-21-19-17(20(23)24)12(2)13(3)25-19/h5-8,10H,9H2,1-4H3. The van der Waals surface area contributed by atoms with Gasteiger partial charge in [-0.25, -0.2) is 9.97 Å². The molecule has 4 aromatic rings. The summed E-state index contributed by atoms with van der Waals surface area (Å²) in [5, 5.41) is 0.519. The fraction of sp³-hybridized carbons (Fsp3) is 0.250. The lowest BCUT2D eigenvalue weighted by Crippen LogP contribution is -2.21. The van der Waals surface area contributed by atoms with Crippen molar-refractivity contribution in [1.29, 1.82) is 0 Å². The van der Waals surface area contributed by atoms with E-state index in [0.29, 0.717) is 40.7 Å². The molecule has 0 aliphatic carbocycles. The van der Waals surface area contributed by atoms with E-state index in [1.165, 1.54) is 10.9 Å². The van der Waals surface area contributed by atoms with Crippen molar-refractivity contribution in [3.05, 3.63) is 69.3 Å². The van der Waals surface area contributed by atoms with Crippen LogP contribution in [0, 0.1) is 27.7 Å². The van der Waals surface area contributed by atoms with Crippen molar-refractivity contribution in [3.8, 4) is 11.5 Å². The summed E-state index contributed by atoms with van der Waals surface area (Å²) in [5.41, 5.74) is 3.81. The molecule has 0 aliphatic heterocycles. The van der Waals surface area contributed by atoms with Crippen LogP contribution < -0.4 is 5.56 Å². The Morgan fingerprint density at radius 2 is 1.81 bits per heavy atom. The average molecular weight is 349 g/mol. The van der Waals surface area contributed by atoms with Gasteiger partial charge in [0.15, 0.2) is 0 Å². The molecule has 0 unspecified atom stereocenters. The number of aromatic nitrogens is 3. The van der Waals surface area contributed by atoms with Crippen molar-refractivity contribution in [2.45, 2.75) is 34.2 Å². The highest BCUT2D eigenvalue weighted by atomic mass is 16.4. The predicted molar refractivity (Wildman–Crippen MR) is 98.3 cm³/mol. The van der Waals surface area contributed by atoms with Gasteiger partial charge in [-0.3, -0.25) is 9.36 Å². The molecule has 0 amide bonds. The van der Waals surface area contributed by atoms with E-state index >= 15 is 0 Å². The maximum Gasteiger partial charge on any atom is 0.265 e. The summed E-state index contributed by atoms with van der Waals surface area (Å²) in [6, 6.07) is 7.92. The second-order valence-corrected chi connectivity index (χ2v) is 6.48. The van der Waals surface area contributed by atoms with Crippen LogP contribution in [0.3, 0.4) is 0 Å². The van der Waals surface area contributed by atoms with Crippen LogP contribution in [0.15, 0.2) is 44.2 Å². The van der Waals surface area contributed by atoms with E-state index in [1.54, 1.807) is 0 Å². The number of furan rings is 1. The van der Waals surface area contributed by atoms with E-state index in [1.807, 2.05) is 52.0 Å². The van der Waals surface area contributed by atoms with Gasteiger partial charge in [0, 0.05) is 11.1 Å². The molecule has 3 aromatic heterocycles. The van der Waals surface area contributed by atoms with E-state index in [9.17, 15) is 4.79 Å². The molecule has 3 heterocycles. The molecule has 0 N–H and O–H groups in total. The molecule has 1 aromatic carbocycles. The zero-order valence-corrected chi connectivity index (χ0v) is 15.2. The summed E-state index contributed by atoms with van der Waals surface area (Å²) < 4.78 is 12.9. The fourth-order valence-corrected chi connectivity index (χ4v) is 3.05. The molecular formula is C20H19N3O3. The summed E-state index contributed by atoms with van der Waals surface area (Å²) in [6.45, 7) is 7.87. The Hall–Kier alpha value is -3.15. The van der Waals surface area contributed by atoms with Gasteiger partial charge in [0.25, 0.3) is 5.56 Å².